The molecule has 3 heterocycles. The van der Waals surface area contributed by atoms with Crippen LogP contribution in [0.3, 0.4) is 0 Å². The van der Waals surface area contributed by atoms with Crippen LogP contribution in [-0.2, 0) is 11.3 Å². The zero-order valence-corrected chi connectivity index (χ0v) is 20.9. The fourth-order valence-electron chi connectivity index (χ4n) is 3.29. The Kier molecular flexibility index (Phi) is 9.76. The number of hydrogen-bond acceptors (Lipinski definition) is 6. The van der Waals surface area contributed by atoms with Crippen molar-refractivity contribution in [3.05, 3.63) is 40.0 Å². The van der Waals surface area contributed by atoms with Gasteiger partial charge in [0.25, 0.3) is 0 Å². The van der Waals surface area contributed by atoms with Crippen LogP contribution in [0.1, 0.15) is 22.0 Å². The Bertz CT molecular complexity index is 835. The van der Waals surface area contributed by atoms with E-state index < -0.39 is 0 Å². The summed E-state index contributed by atoms with van der Waals surface area (Å²) in [6, 6.07) is 5.91. The van der Waals surface area contributed by atoms with E-state index in [1.54, 1.807) is 24.6 Å². The lowest BCUT2D eigenvalue weighted by molar-refractivity contribution is -0.131. The van der Waals surface area contributed by atoms with Crippen LogP contribution in [0.25, 0.3) is 0 Å². The van der Waals surface area contributed by atoms with Gasteiger partial charge in [-0.3, -0.25) is 9.79 Å². The summed E-state index contributed by atoms with van der Waals surface area (Å²) in [4.78, 5) is 30.9. The highest BCUT2D eigenvalue weighted by Gasteiger charge is 2.21. The predicted octanol–water partition coefficient (Wildman–Crippen LogP) is 2.18. The number of thiazole rings is 1. The van der Waals surface area contributed by atoms with Gasteiger partial charge in [-0.25, -0.2) is 9.97 Å². The molecule has 0 aromatic carbocycles. The second-order valence-electron chi connectivity index (χ2n) is 6.90. The fourth-order valence-corrected chi connectivity index (χ4v) is 4.17. The summed E-state index contributed by atoms with van der Waals surface area (Å²) in [6.07, 6.45) is 2.25. The number of aromatic nitrogens is 2. The number of nitrogens with zero attached hydrogens (tertiary/aromatic N) is 5. The third-order valence-electron chi connectivity index (χ3n) is 4.88. The highest BCUT2D eigenvalue weighted by atomic mass is 127. The molecule has 1 fully saturated rings. The van der Waals surface area contributed by atoms with Gasteiger partial charge < -0.3 is 20.4 Å². The highest BCUT2D eigenvalue weighted by molar-refractivity contribution is 14.0. The number of anilines is 1. The molecule has 2 aromatic heterocycles. The van der Waals surface area contributed by atoms with Gasteiger partial charge in [0, 0.05) is 57.3 Å². The third-order valence-corrected chi connectivity index (χ3v) is 5.95. The molecule has 0 spiro atoms. The van der Waals surface area contributed by atoms with Crippen molar-refractivity contribution in [2.75, 3.05) is 44.7 Å². The summed E-state index contributed by atoms with van der Waals surface area (Å²) in [5.41, 5.74) is 1.05. The molecule has 3 rings (SSSR count). The first-order chi connectivity index (χ1) is 14.1. The van der Waals surface area contributed by atoms with Crippen LogP contribution >= 0.6 is 35.3 Å². The van der Waals surface area contributed by atoms with Crippen molar-refractivity contribution in [3.8, 4) is 0 Å². The normalized spacial score (nSPS) is 14.3. The van der Waals surface area contributed by atoms with Crippen molar-refractivity contribution in [3.63, 3.8) is 0 Å². The van der Waals surface area contributed by atoms with Crippen molar-refractivity contribution in [1.82, 2.24) is 25.5 Å². The number of carbonyl (C=O) groups is 1. The van der Waals surface area contributed by atoms with Gasteiger partial charge in [0.2, 0.25) is 5.91 Å². The zero-order chi connectivity index (χ0) is 20.6. The van der Waals surface area contributed by atoms with Crippen LogP contribution in [-0.4, -0.2) is 66.5 Å². The minimum absolute atomic E-state index is 0. The molecular weight excluding hydrogens is 513 g/mol. The van der Waals surface area contributed by atoms with Crippen LogP contribution < -0.4 is 15.5 Å². The van der Waals surface area contributed by atoms with E-state index in [2.05, 4.69) is 30.5 Å². The largest absolute Gasteiger partial charge is 0.356 e. The van der Waals surface area contributed by atoms with Crippen LogP contribution in [0.15, 0.2) is 29.4 Å². The summed E-state index contributed by atoms with van der Waals surface area (Å²) in [6.45, 7) is 8.35. The van der Waals surface area contributed by atoms with Gasteiger partial charge in [-0.15, -0.1) is 35.3 Å². The third kappa shape index (κ3) is 6.79. The molecule has 1 saturated heterocycles. The van der Waals surface area contributed by atoms with Gasteiger partial charge >= 0.3 is 0 Å². The molecule has 1 aliphatic rings. The van der Waals surface area contributed by atoms with Crippen molar-refractivity contribution in [2.24, 2.45) is 4.99 Å². The Morgan fingerprint density at radius 1 is 1.20 bits per heavy atom. The number of piperazine rings is 1. The second-order valence-corrected chi connectivity index (χ2v) is 8.19. The maximum absolute atomic E-state index is 12.5. The number of hydrogen-bond donors (Lipinski definition) is 2. The molecule has 8 nitrogen and oxygen atoms in total. The Labute approximate surface area is 199 Å². The topological polar surface area (TPSA) is 85.8 Å². The number of aliphatic imine (C=N–C) groups is 1. The van der Waals surface area contributed by atoms with Crippen molar-refractivity contribution in [2.45, 2.75) is 26.8 Å². The minimum Gasteiger partial charge on any atom is -0.356 e. The van der Waals surface area contributed by atoms with E-state index in [1.165, 1.54) is 4.88 Å². The maximum atomic E-state index is 12.5. The van der Waals surface area contributed by atoms with Crippen LogP contribution in [0.4, 0.5) is 5.82 Å². The number of nitrogens with one attached hydrogen (secondary N) is 2. The van der Waals surface area contributed by atoms with Gasteiger partial charge in [0.05, 0.1) is 17.2 Å². The number of rotatable bonds is 6. The standard InChI is InChI=1S/C20H29N7OS.HI/c1-15-17(29-16(2)25-15)14-24-20(21-3)23-9-7-19(28)27-12-10-26(11-13-27)18-6-4-5-8-22-18;/h4-6,8H,7,9-14H2,1-3H3,(H2,21,23,24);1H. The monoisotopic (exact) mass is 543 g/mol. The number of aryl methyl sites for hydroxylation is 2. The average molecular weight is 543 g/mol. The molecular formula is C20H30IN7OS. The number of amides is 1. The number of pyridine rings is 1. The fraction of sp³-hybridized carbons (Fsp3) is 0.500. The van der Waals surface area contributed by atoms with E-state index in [9.17, 15) is 4.79 Å². The molecule has 0 saturated carbocycles. The number of halogens is 1. The molecule has 0 atom stereocenters. The molecule has 2 aromatic rings. The summed E-state index contributed by atoms with van der Waals surface area (Å²) in [7, 11) is 1.73. The van der Waals surface area contributed by atoms with E-state index in [-0.39, 0.29) is 29.9 Å². The van der Waals surface area contributed by atoms with E-state index >= 15 is 0 Å². The van der Waals surface area contributed by atoms with E-state index in [0.717, 1.165) is 42.7 Å². The second kappa shape index (κ2) is 12.0. The molecule has 164 valence electrons. The predicted molar refractivity (Wildman–Crippen MR) is 133 cm³/mol. The van der Waals surface area contributed by atoms with Gasteiger partial charge in [-0.2, -0.15) is 0 Å². The zero-order valence-electron chi connectivity index (χ0n) is 17.7. The van der Waals surface area contributed by atoms with E-state index in [1.807, 2.05) is 36.9 Å². The molecule has 0 radical (unpaired) electrons. The van der Waals surface area contributed by atoms with E-state index in [0.29, 0.717) is 25.5 Å². The summed E-state index contributed by atoms with van der Waals surface area (Å²) in [5.74, 6) is 1.84. The number of guanidine groups is 1. The molecule has 10 heteroatoms. The quantitative estimate of drug-likeness (QED) is 0.330. The average Bonchev–Trinajstić information content (AvgIpc) is 3.08. The van der Waals surface area contributed by atoms with Crippen molar-refractivity contribution >= 4 is 53.0 Å². The van der Waals surface area contributed by atoms with Crippen LogP contribution in [0, 0.1) is 13.8 Å². The van der Waals surface area contributed by atoms with Gasteiger partial charge in [-0.1, -0.05) is 6.07 Å². The van der Waals surface area contributed by atoms with Crippen molar-refractivity contribution < 1.29 is 4.79 Å². The summed E-state index contributed by atoms with van der Waals surface area (Å²) >= 11 is 1.69. The van der Waals surface area contributed by atoms with E-state index in [4.69, 9.17) is 0 Å². The van der Waals surface area contributed by atoms with Gasteiger partial charge in [0.1, 0.15) is 5.82 Å². The summed E-state index contributed by atoms with van der Waals surface area (Å²) < 4.78 is 0. The van der Waals surface area contributed by atoms with Gasteiger partial charge in [0.15, 0.2) is 5.96 Å². The van der Waals surface area contributed by atoms with Crippen molar-refractivity contribution in [1.29, 1.82) is 0 Å². The van der Waals surface area contributed by atoms with Gasteiger partial charge in [-0.05, 0) is 26.0 Å². The first kappa shape index (κ1) is 24.3. The molecule has 1 amide bonds. The molecule has 0 bridgehead atoms. The lowest BCUT2D eigenvalue weighted by atomic mass is 10.2. The molecule has 1 aliphatic heterocycles. The summed E-state index contributed by atoms with van der Waals surface area (Å²) in [5, 5.41) is 7.58. The molecule has 0 aliphatic carbocycles. The Morgan fingerprint density at radius 3 is 2.57 bits per heavy atom. The molecule has 30 heavy (non-hydrogen) atoms. The Hall–Kier alpha value is -1.95. The SMILES string of the molecule is CN=C(NCCC(=O)N1CCN(c2ccccn2)CC1)NCc1sc(C)nc1C.I. The number of carbonyl (C=O) groups excluding carboxylic acids is 1. The molecule has 2 N–H and O–H groups in total. The smallest absolute Gasteiger partial charge is 0.224 e. The molecule has 0 unspecified atom stereocenters. The lowest BCUT2D eigenvalue weighted by Gasteiger charge is -2.35. The Morgan fingerprint density at radius 2 is 1.97 bits per heavy atom. The van der Waals surface area contributed by atoms with Crippen LogP contribution in [0.5, 0.6) is 0 Å². The first-order valence-electron chi connectivity index (χ1n) is 9.88. The maximum Gasteiger partial charge on any atom is 0.224 e. The van der Waals surface area contributed by atoms with Crippen LogP contribution in [0.2, 0.25) is 0 Å². The minimum atomic E-state index is 0. The Balaban J connectivity index is 0.00000320. The highest BCUT2D eigenvalue weighted by Crippen LogP contribution is 2.16. The first-order valence-corrected chi connectivity index (χ1v) is 10.7. The lowest BCUT2D eigenvalue weighted by Crippen LogP contribution is -2.49.